The number of aromatic carboxylic acids is 1. The lowest BCUT2D eigenvalue weighted by Crippen LogP contribution is -2.32. The van der Waals surface area contributed by atoms with E-state index in [-0.39, 0.29) is 11.3 Å². The number of halogens is 1. The summed E-state index contributed by atoms with van der Waals surface area (Å²) in [5.41, 5.74) is 2.89. The van der Waals surface area contributed by atoms with Gasteiger partial charge >= 0.3 is 5.97 Å². The number of carboxylic acids is 1. The molecule has 0 radical (unpaired) electrons. The number of carbonyl (C=O) groups excluding carboxylic acids is 1. The summed E-state index contributed by atoms with van der Waals surface area (Å²) in [6.45, 7) is 0. The van der Waals surface area contributed by atoms with Crippen molar-refractivity contribution in [3.05, 3.63) is 82.3 Å². The Balaban J connectivity index is 1.46. The molecule has 1 atom stereocenters. The number of fused-ring (bicyclic) bond motifs is 1. The number of aromatic nitrogens is 3. The minimum Gasteiger partial charge on any atom is -0.478 e. The highest BCUT2D eigenvalue weighted by molar-refractivity contribution is 7.98. The summed E-state index contributed by atoms with van der Waals surface area (Å²) in [7, 11) is 0. The highest BCUT2D eigenvalue weighted by Gasteiger charge is 2.37. The molecule has 0 spiro atoms. The molecule has 0 bridgehead atoms. The zero-order valence-corrected chi connectivity index (χ0v) is 17.7. The van der Waals surface area contributed by atoms with Crippen molar-refractivity contribution < 1.29 is 19.1 Å². The summed E-state index contributed by atoms with van der Waals surface area (Å²) in [4.78, 5) is 28.4. The molecule has 162 valence electrons. The molecular formula is C23H19FN4O3S. The second kappa shape index (κ2) is 8.23. The van der Waals surface area contributed by atoms with E-state index in [4.69, 9.17) is 5.11 Å². The van der Waals surface area contributed by atoms with E-state index in [0.717, 1.165) is 17.7 Å². The summed E-state index contributed by atoms with van der Waals surface area (Å²) in [5.74, 6) is -0.334. The van der Waals surface area contributed by atoms with Crippen LogP contribution in [0.4, 0.5) is 10.3 Å². The predicted octanol–water partition coefficient (Wildman–Crippen LogP) is 4.43. The molecule has 2 aromatic carbocycles. The number of allylic oxidation sites excluding steroid dienone is 2. The number of benzene rings is 2. The van der Waals surface area contributed by atoms with Crippen LogP contribution in [0.1, 0.15) is 46.8 Å². The number of thioether (sulfide) groups is 1. The normalized spacial score (nSPS) is 17.5. The van der Waals surface area contributed by atoms with E-state index in [1.807, 2.05) is 0 Å². The van der Waals surface area contributed by atoms with E-state index < -0.39 is 17.8 Å². The number of nitrogens with one attached hydrogen (secondary N) is 1. The fourth-order valence-electron chi connectivity index (χ4n) is 4.07. The second-order valence-corrected chi connectivity index (χ2v) is 8.61. The number of hydrogen-bond acceptors (Lipinski definition) is 6. The summed E-state index contributed by atoms with van der Waals surface area (Å²) in [6, 6.07) is 12.4. The number of Topliss-reactive ketones (excluding diaryl/α,β-unsaturated/α-hetero) is 1. The van der Waals surface area contributed by atoms with Crippen molar-refractivity contribution >= 4 is 29.5 Å². The fourth-order valence-corrected chi connectivity index (χ4v) is 4.86. The maximum atomic E-state index is 14.8. The first kappa shape index (κ1) is 20.4. The Morgan fingerprint density at radius 3 is 2.72 bits per heavy atom. The smallest absolute Gasteiger partial charge is 0.335 e. The number of anilines is 1. The number of rotatable bonds is 5. The first-order valence-corrected chi connectivity index (χ1v) is 11.2. The van der Waals surface area contributed by atoms with Gasteiger partial charge in [0, 0.05) is 29.0 Å². The first-order chi connectivity index (χ1) is 15.5. The molecule has 5 rings (SSSR count). The van der Waals surface area contributed by atoms with Crippen LogP contribution in [0.2, 0.25) is 0 Å². The van der Waals surface area contributed by atoms with Gasteiger partial charge in [-0.3, -0.25) is 4.79 Å². The number of ketones is 1. The second-order valence-electron chi connectivity index (χ2n) is 7.67. The molecule has 2 heterocycles. The summed E-state index contributed by atoms with van der Waals surface area (Å²) in [6.07, 6.45) is 1.89. The number of carbonyl (C=O) groups is 2. The molecule has 0 saturated carbocycles. The molecule has 0 unspecified atom stereocenters. The third kappa shape index (κ3) is 3.69. The molecule has 0 amide bonds. The number of carboxylic acid groups (broad SMARTS) is 1. The summed E-state index contributed by atoms with van der Waals surface area (Å²) < 4.78 is 16.4. The van der Waals surface area contributed by atoms with Crippen molar-refractivity contribution in [1.29, 1.82) is 0 Å². The van der Waals surface area contributed by atoms with Crippen molar-refractivity contribution in [3.8, 4) is 0 Å². The molecule has 1 aromatic heterocycles. The standard InChI is InChI=1S/C23H19FN4O3S/c24-16-5-2-1-4-15(16)20-19-17(6-3-7-18(19)29)25-22-26-23(27-28(20)22)32-12-13-8-10-14(11-9-13)21(30)31/h1-2,4-5,8-11,20H,3,6-7,12H2,(H,30,31)(H,25,26,27)/t20-/m0/s1. The van der Waals surface area contributed by atoms with Crippen LogP contribution in [-0.4, -0.2) is 31.6 Å². The average molecular weight is 450 g/mol. The molecule has 2 aliphatic rings. The number of hydrogen-bond donors (Lipinski definition) is 2. The summed E-state index contributed by atoms with van der Waals surface area (Å²) in [5, 5.41) is 17.4. The SMILES string of the molecule is O=C1CCCC2=C1[C@H](c1ccccc1F)n1nc(SCc3ccc(C(=O)O)cc3)nc1N2. The Morgan fingerprint density at radius 2 is 1.97 bits per heavy atom. The van der Waals surface area contributed by atoms with Crippen LogP contribution in [0.15, 0.2) is 65.0 Å². The molecule has 32 heavy (non-hydrogen) atoms. The van der Waals surface area contributed by atoms with E-state index in [1.54, 1.807) is 47.1 Å². The van der Waals surface area contributed by atoms with Gasteiger partial charge in [0.25, 0.3) is 0 Å². The minimum absolute atomic E-state index is 0.000811. The van der Waals surface area contributed by atoms with E-state index in [9.17, 15) is 14.0 Å². The Labute approximate surface area is 187 Å². The average Bonchev–Trinajstić information content (AvgIpc) is 3.20. The van der Waals surface area contributed by atoms with Crippen molar-refractivity contribution in [2.45, 2.75) is 36.2 Å². The van der Waals surface area contributed by atoms with Crippen LogP contribution >= 0.6 is 11.8 Å². The molecular weight excluding hydrogens is 431 g/mol. The fraction of sp³-hybridized carbons (Fsp3) is 0.217. The number of nitrogens with zero attached hydrogens (tertiary/aromatic N) is 3. The topological polar surface area (TPSA) is 97.1 Å². The Morgan fingerprint density at radius 1 is 1.19 bits per heavy atom. The highest BCUT2D eigenvalue weighted by Crippen LogP contribution is 2.41. The van der Waals surface area contributed by atoms with E-state index >= 15 is 0 Å². The van der Waals surface area contributed by atoms with Crippen molar-refractivity contribution in [2.75, 3.05) is 5.32 Å². The van der Waals surface area contributed by atoms with Crippen LogP contribution in [0.25, 0.3) is 0 Å². The van der Waals surface area contributed by atoms with Gasteiger partial charge in [0.05, 0.1) is 5.56 Å². The maximum absolute atomic E-state index is 14.8. The van der Waals surface area contributed by atoms with Crippen LogP contribution in [0.3, 0.4) is 0 Å². The van der Waals surface area contributed by atoms with Gasteiger partial charge in [0.15, 0.2) is 5.78 Å². The third-order valence-electron chi connectivity index (χ3n) is 5.62. The molecule has 0 saturated heterocycles. The van der Waals surface area contributed by atoms with Gasteiger partial charge in [0.1, 0.15) is 11.9 Å². The molecule has 0 fully saturated rings. The molecule has 1 aliphatic carbocycles. The van der Waals surface area contributed by atoms with E-state index in [2.05, 4.69) is 15.4 Å². The lowest BCUT2D eigenvalue weighted by Gasteiger charge is -2.32. The Bertz CT molecular complexity index is 1250. The predicted molar refractivity (Wildman–Crippen MR) is 117 cm³/mol. The largest absolute Gasteiger partial charge is 0.478 e. The van der Waals surface area contributed by atoms with Gasteiger partial charge in [0.2, 0.25) is 11.1 Å². The highest BCUT2D eigenvalue weighted by atomic mass is 32.2. The van der Waals surface area contributed by atoms with Crippen LogP contribution in [0, 0.1) is 5.82 Å². The van der Waals surface area contributed by atoms with Crippen LogP contribution in [0.5, 0.6) is 0 Å². The zero-order chi connectivity index (χ0) is 22.2. The lowest BCUT2D eigenvalue weighted by molar-refractivity contribution is -0.116. The lowest BCUT2D eigenvalue weighted by atomic mass is 9.85. The van der Waals surface area contributed by atoms with Crippen LogP contribution in [-0.2, 0) is 10.5 Å². The van der Waals surface area contributed by atoms with Gasteiger partial charge in [-0.25, -0.2) is 13.9 Å². The van der Waals surface area contributed by atoms with Gasteiger partial charge in [-0.15, -0.1) is 5.10 Å². The minimum atomic E-state index is -0.969. The van der Waals surface area contributed by atoms with Gasteiger partial charge in [-0.05, 0) is 36.6 Å². The monoisotopic (exact) mass is 450 g/mol. The van der Waals surface area contributed by atoms with Gasteiger partial charge in [-0.1, -0.05) is 42.1 Å². The summed E-state index contributed by atoms with van der Waals surface area (Å²) >= 11 is 1.39. The third-order valence-corrected chi connectivity index (χ3v) is 6.53. The van der Waals surface area contributed by atoms with Gasteiger partial charge < -0.3 is 10.4 Å². The van der Waals surface area contributed by atoms with Crippen molar-refractivity contribution in [3.63, 3.8) is 0 Å². The molecule has 2 N–H and O–H groups in total. The quantitative estimate of drug-likeness (QED) is 0.555. The Hall–Kier alpha value is -3.46. The molecule has 1 aliphatic heterocycles. The zero-order valence-electron chi connectivity index (χ0n) is 16.9. The molecule has 7 nitrogen and oxygen atoms in total. The van der Waals surface area contributed by atoms with Gasteiger partial charge in [-0.2, -0.15) is 4.98 Å². The van der Waals surface area contributed by atoms with E-state index in [1.165, 1.54) is 17.8 Å². The van der Waals surface area contributed by atoms with Crippen LogP contribution < -0.4 is 5.32 Å². The molecule has 3 aromatic rings. The van der Waals surface area contributed by atoms with Crippen molar-refractivity contribution in [1.82, 2.24) is 14.8 Å². The van der Waals surface area contributed by atoms with Crippen molar-refractivity contribution in [2.24, 2.45) is 0 Å². The van der Waals surface area contributed by atoms with E-state index in [0.29, 0.717) is 40.8 Å². The first-order valence-electron chi connectivity index (χ1n) is 10.2. The molecule has 9 heteroatoms. The Kier molecular flexibility index (Phi) is 5.26. The maximum Gasteiger partial charge on any atom is 0.335 e.